The zero-order chi connectivity index (χ0) is 10.7. The summed E-state index contributed by atoms with van der Waals surface area (Å²) in [7, 11) is 0. The summed E-state index contributed by atoms with van der Waals surface area (Å²) in [4.78, 5) is 0. The van der Waals surface area contributed by atoms with Gasteiger partial charge in [-0.15, -0.1) is 0 Å². The third-order valence-corrected chi connectivity index (χ3v) is 3.51. The molecule has 0 bridgehead atoms. The van der Waals surface area contributed by atoms with Crippen LogP contribution in [-0.4, -0.2) is 15.3 Å². The van der Waals surface area contributed by atoms with E-state index in [-0.39, 0.29) is 6.10 Å². The predicted octanol–water partition coefficient (Wildman–Crippen LogP) is 2.66. The topological polar surface area (TPSA) is 48.9 Å². The molecule has 1 aliphatic carbocycles. The zero-order valence-electron chi connectivity index (χ0n) is 9.32. The smallest absolute Gasteiger partial charge is 0.0823 e. The molecule has 84 valence electrons. The molecule has 1 heterocycles. The minimum Gasteiger partial charge on any atom is -0.388 e. The van der Waals surface area contributed by atoms with Gasteiger partial charge < -0.3 is 5.11 Å². The van der Waals surface area contributed by atoms with Crippen LogP contribution in [0, 0.1) is 11.8 Å². The summed E-state index contributed by atoms with van der Waals surface area (Å²) in [5.74, 6) is 1.53. The first-order chi connectivity index (χ1) is 7.25. The van der Waals surface area contributed by atoms with Crippen LogP contribution in [0.4, 0.5) is 0 Å². The Morgan fingerprint density at radius 3 is 3.13 bits per heavy atom. The quantitative estimate of drug-likeness (QED) is 0.802. The lowest BCUT2D eigenvalue weighted by molar-refractivity contribution is 0.122. The van der Waals surface area contributed by atoms with Gasteiger partial charge in [-0.2, -0.15) is 5.10 Å². The maximum atomic E-state index is 9.99. The summed E-state index contributed by atoms with van der Waals surface area (Å²) in [5, 5.41) is 16.6. The van der Waals surface area contributed by atoms with Crippen LogP contribution in [0.1, 0.15) is 50.7 Å². The summed E-state index contributed by atoms with van der Waals surface area (Å²) in [6.07, 6.45) is 9.30. The number of H-pyrrole nitrogens is 1. The van der Waals surface area contributed by atoms with Gasteiger partial charge in [0.15, 0.2) is 0 Å². The van der Waals surface area contributed by atoms with E-state index in [1.807, 2.05) is 0 Å². The molecule has 0 aromatic carbocycles. The van der Waals surface area contributed by atoms with Crippen molar-refractivity contribution in [1.82, 2.24) is 10.2 Å². The monoisotopic (exact) mass is 208 g/mol. The van der Waals surface area contributed by atoms with Gasteiger partial charge in [-0.05, 0) is 24.7 Å². The molecule has 0 radical (unpaired) electrons. The van der Waals surface area contributed by atoms with Gasteiger partial charge in [0, 0.05) is 11.8 Å². The fourth-order valence-corrected chi connectivity index (χ4v) is 2.67. The molecule has 3 heteroatoms. The summed E-state index contributed by atoms with van der Waals surface area (Å²) in [5.41, 5.74) is 0.924. The fourth-order valence-electron chi connectivity index (χ4n) is 2.67. The molecule has 3 nitrogen and oxygen atoms in total. The van der Waals surface area contributed by atoms with E-state index in [1.165, 1.54) is 25.7 Å². The van der Waals surface area contributed by atoms with E-state index < -0.39 is 0 Å². The number of nitrogens with one attached hydrogen (secondary N) is 1. The molecular weight excluding hydrogens is 188 g/mol. The highest BCUT2D eigenvalue weighted by Crippen LogP contribution is 2.34. The maximum Gasteiger partial charge on any atom is 0.0823 e. The minimum absolute atomic E-state index is 0.334. The Bertz CT molecular complexity index is 284. The Kier molecular flexibility index (Phi) is 3.41. The second-order valence-corrected chi connectivity index (χ2v) is 4.92. The summed E-state index contributed by atoms with van der Waals surface area (Å²) < 4.78 is 0. The van der Waals surface area contributed by atoms with Gasteiger partial charge in [0.25, 0.3) is 0 Å². The predicted molar refractivity (Wildman–Crippen MR) is 59.3 cm³/mol. The average molecular weight is 208 g/mol. The molecule has 1 saturated carbocycles. The number of aromatic amines is 1. The number of rotatable bonds is 3. The maximum absolute atomic E-state index is 9.99. The van der Waals surface area contributed by atoms with Crippen molar-refractivity contribution in [2.24, 2.45) is 11.8 Å². The highest BCUT2D eigenvalue weighted by molar-refractivity contribution is 5.06. The normalized spacial score (nSPS) is 28.9. The number of aliphatic hydroxyl groups is 1. The summed E-state index contributed by atoms with van der Waals surface area (Å²) >= 11 is 0. The van der Waals surface area contributed by atoms with E-state index in [4.69, 9.17) is 0 Å². The van der Waals surface area contributed by atoms with Crippen molar-refractivity contribution in [3.8, 4) is 0 Å². The number of hydrogen-bond donors (Lipinski definition) is 2. The van der Waals surface area contributed by atoms with Gasteiger partial charge in [-0.25, -0.2) is 0 Å². The molecule has 3 atom stereocenters. The Hall–Kier alpha value is -0.830. The first kappa shape index (κ1) is 10.7. The zero-order valence-corrected chi connectivity index (χ0v) is 9.32. The van der Waals surface area contributed by atoms with Crippen molar-refractivity contribution in [3.05, 3.63) is 18.0 Å². The van der Waals surface area contributed by atoms with Gasteiger partial charge in [0.2, 0.25) is 0 Å². The molecule has 0 amide bonds. The van der Waals surface area contributed by atoms with Gasteiger partial charge in [-0.3, -0.25) is 5.10 Å². The molecule has 2 rings (SSSR count). The van der Waals surface area contributed by atoms with Crippen LogP contribution in [0.2, 0.25) is 0 Å². The van der Waals surface area contributed by atoms with Crippen LogP contribution in [0.5, 0.6) is 0 Å². The fraction of sp³-hybridized carbons (Fsp3) is 0.750. The summed E-state index contributed by atoms with van der Waals surface area (Å²) in [6, 6.07) is 0. The van der Waals surface area contributed by atoms with Crippen LogP contribution >= 0.6 is 0 Å². The molecule has 15 heavy (non-hydrogen) atoms. The van der Waals surface area contributed by atoms with Gasteiger partial charge in [-0.1, -0.05) is 26.2 Å². The third kappa shape index (κ3) is 2.81. The Morgan fingerprint density at radius 1 is 1.60 bits per heavy atom. The van der Waals surface area contributed by atoms with Crippen molar-refractivity contribution in [2.45, 2.75) is 45.1 Å². The Morgan fingerprint density at radius 2 is 2.47 bits per heavy atom. The first-order valence-corrected chi connectivity index (χ1v) is 5.92. The van der Waals surface area contributed by atoms with E-state index in [9.17, 15) is 5.11 Å². The van der Waals surface area contributed by atoms with Crippen LogP contribution in [-0.2, 0) is 0 Å². The van der Waals surface area contributed by atoms with Gasteiger partial charge in [0.1, 0.15) is 0 Å². The SMILES string of the molecule is CC1CCCC(CC(O)c2cn[nH]c2)C1. The number of aromatic nitrogens is 2. The minimum atomic E-state index is -0.334. The lowest BCUT2D eigenvalue weighted by atomic mass is 9.79. The average Bonchev–Trinajstić information content (AvgIpc) is 2.70. The number of nitrogens with zero attached hydrogens (tertiary/aromatic N) is 1. The second kappa shape index (κ2) is 4.79. The van der Waals surface area contributed by atoms with E-state index in [0.29, 0.717) is 5.92 Å². The lowest BCUT2D eigenvalue weighted by Crippen LogP contribution is -2.15. The molecule has 0 saturated heterocycles. The molecule has 2 N–H and O–H groups in total. The van der Waals surface area contributed by atoms with E-state index >= 15 is 0 Å². The molecular formula is C12H20N2O. The first-order valence-electron chi connectivity index (χ1n) is 5.92. The summed E-state index contributed by atoms with van der Waals surface area (Å²) in [6.45, 7) is 2.32. The molecule has 1 aromatic rings. The number of hydrogen-bond acceptors (Lipinski definition) is 2. The molecule has 3 unspecified atom stereocenters. The molecule has 1 aliphatic rings. The molecule has 0 aliphatic heterocycles. The van der Waals surface area contributed by atoms with Crippen molar-refractivity contribution in [3.63, 3.8) is 0 Å². The van der Waals surface area contributed by atoms with Crippen LogP contribution < -0.4 is 0 Å². The number of aliphatic hydroxyl groups excluding tert-OH is 1. The van der Waals surface area contributed by atoms with Crippen molar-refractivity contribution in [1.29, 1.82) is 0 Å². The molecule has 0 spiro atoms. The highest BCUT2D eigenvalue weighted by atomic mass is 16.3. The van der Waals surface area contributed by atoms with Crippen molar-refractivity contribution < 1.29 is 5.11 Å². The largest absolute Gasteiger partial charge is 0.388 e. The molecule has 1 fully saturated rings. The van der Waals surface area contributed by atoms with Crippen molar-refractivity contribution >= 4 is 0 Å². The standard InChI is InChI=1S/C12H20N2O/c1-9-3-2-4-10(5-9)6-12(15)11-7-13-14-8-11/h7-10,12,15H,2-6H2,1H3,(H,13,14). The highest BCUT2D eigenvalue weighted by Gasteiger charge is 2.22. The van der Waals surface area contributed by atoms with E-state index in [0.717, 1.165) is 17.9 Å². The second-order valence-electron chi connectivity index (χ2n) is 4.92. The van der Waals surface area contributed by atoms with E-state index in [1.54, 1.807) is 12.4 Å². The Balaban J connectivity index is 1.86. The van der Waals surface area contributed by atoms with Crippen LogP contribution in [0.3, 0.4) is 0 Å². The third-order valence-electron chi connectivity index (χ3n) is 3.51. The van der Waals surface area contributed by atoms with Crippen molar-refractivity contribution in [2.75, 3.05) is 0 Å². The van der Waals surface area contributed by atoms with E-state index in [2.05, 4.69) is 17.1 Å². The molecule has 1 aromatic heterocycles. The van der Waals surface area contributed by atoms with Gasteiger partial charge >= 0.3 is 0 Å². The lowest BCUT2D eigenvalue weighted by Gasteiger charge is -2.28. The van der Waals surface area contributed by atoms with Crippen LogP contribution in [0.25, 0.3) is 0 Å². The van der Waals surface area contributed by atoms with Crippen LogP contribution in [0.15, 0.2) is 12.4 Å². The Labute approximate surface area is 90.9 Å². The van der Waals surface area contributed by atoms with Gasteiger partial charge in [0.05, 0.1) is 12.3 Å².